The van der Waals surface area contributed by atoms with E-state index in [4.69, 9.17) is 4.74 Å². The average molecular weight is 445 g/mol. The van der Waals surface area contributed by atoms with Gasteiger partial charge in [-0.15, -0.1) is 0 Å². The number of hydrogen-bond donors (Lipinski definition) is 1. The van der Waals surface area contributed by atoms with Crippen molar-refractivity contribution in [3.63, 3.8) is 0 Å². The van der Waals surface area contributed by atoms with Crippen LogP contribution in [0.15, 0.2) is 65.8 Å². The van der Waals surface area contributed by atoms with E-state index in [1.807, 2.05) is 43.0 Å². The van der Waals surface area contributed by atoms with Crippen molar-refractivity contribution in [1.82, 2.24) is 19.9 Å². The Balaban J connectivity index is 1.36. The Morgan fingerprint density at radius 3 is 2.39 bits per heavy atom. The predicted octanol–water partition coefficient (Wildman–Crippen LogP) is 4.83. The fourth-order valence-corrected chi connectivity index (χ4v) is 5.38. The van der Waals surface area contributed by atoms with Crippen LogP contribution in [-0.4, -0.2) is 37.6 Å². The van der Waals surface area contributed by atoms with Gasteiger partial charge in [0.25, 0.3) is 5.56 Å². The lowest BCUT2D eigenvalue weighted by Gasteiger charge is -2.38. The summed E-state index contributed by atoms with van der Waals surface area (Å²) in [7, 11) is 0. The molecular formula is C26H28N4O3. The van der Waals surface area contributed by atoms with Crippen molar-refractivity contribution in [3.8, 4) is 11.4 Å². The number of aromatic nitrogens is 3. The molecule has 1 atom stereocenters. The van der Waals surface area contributed by atoms with Crippen LogP contribution < -0.4 is 5.56 Å². The summed E-state index contributed by atoms with van der Waals surface area (Å²) in [6, 6.07) is 13.7. The topological polar surface area (TPSA) is 88.2 Å². The van der Waals surface area contributed by atoms with Gasteiger partial charge in [0.15, 0.2) is 5.82 Å². The molecule has 1 amide bonds. The Morgan fingerprint density at radius 2 is 1.70 bits per heavy atom. The number of nitrogens with one attached hydrogen (secondary N) is 1. The van der Waals surface area contributed by atoms with Crippen LogP contribution in [0.3, 0.4) is 0 Å². The first-order valence-corrected chi connectivity index (χ1v) is 11.5. The van der Waals surface area contributed by atoms with Crippen LogP contribution in [-0.2, 0) is 4.74 Å². The molecule has 2 fully saturated rings. The summed E-state index contributed by atoms with van der Waals surface area (Å²) in [5.74, 6) is 0.729. The van der Waals surface area contributed by atoms with Gasteiger partial charge in [0, 0.05) is 35.8 Å². The number of H-pyrrole nitrogens is 1. The molecule has 3 aromatic rings. The lowest BCUT2D eigenvalue weighted by Crippen LogP contribution is -2.42. The van der Waals surface area contributed by atoms with E-state index < -0.39 is 5.60 Å². The first kappa shape index (κ1) is 21.4. The molecule has 7 heteroatoms. The van der Waals surface area contributed by atoms with E-state index in [0.29, 0.717) is 5.82 Å². The van der Waals surface area contributed by atoms with Crippen LogP contribution >= 0.6 is 0 Å². The summed E-state index contributed by atoms with van der Waals surface area (Å²) < 4.78 is 5.79. The molecule has 0 unspecified atom stereocenters. The van der Waals surface area contributed by atoms with Gasteiger partial charge in [0.05, 0.1) is 6.04 Å². The number of amides is 1. The van der Waals surface area contributed by atoms with E-state index >= 15 is 0 Å². The van der Waals surface area contributed by atoms with E-state index in [-0.39, 0.29) is 29.7 Å². The monoisotopic (exact) mass is 444 g/mol. The second kappa shape index (κ2) is 8.46. The lowest BCUT2D eigenvalue weighted by atomic mass is 9.80. The zero-order valence-electron chi connectivity index (χ0n) is 18.9. The highest BCUT2D eigenvalue weighted by Crippen LogP contribution is 2.45. The van der Waals surface area contributed by atoms with Gasteiger partial charge in [0.2, 0.25) is 0 Å². The van der Waals surface area contributed by atoms with E-state index in [1.165, 1.54) is 0 Å². The van der Waals surface area contributed by atoms with Gasteiger partial charge < -0.3 is 9.72 Å². The molecule has 2 aliphatic rings. The number of hydrogen-bond acceptors (Lipinski definition) is 5. The minimum Gasteiger partial charge on any atom is -0.441 e. The third kappa shape index (κ3) is 4.03. The Morgan fingerprint density at radius 1 is 1.00 bits per heavy atom. The maximum Gasteiger partial charge on any atom is 0.411 e. The number of benzene rings is 1. The van der Waals surface area contributed by atoms with Gasteiger partial charge in [-0.05, 0) is 63.1 Å². The Bertz CT molecular complexity index is 1180. The molecule has 2 aromatic heterocycles. The fourth-order valence-electron chi connectivity index (χ4n) is 5.38. The third-order valence-electron chi connectivity index (χ3n) is 6.90. The maximum absolute atomic E-state index is 12.9. The highest BCUT2D eigenvalue weighted by atomic mass is 16.6. The Kier molecular flexibility index (Phi) is 5.48. The molecule has 1 saturated carbocycles. The molecule has 0 radical (unpaired) electrons. The highest BCUT2D eigenvalue weighted by Gasteiger charge is 2.51. The van der Waals surface area contributed by atoms with Gasteiger partial charge in [-0.25, -0.2) is 14.8 Å². The van der Waals surface area contributed by atoms with E-state index in [0.717, 1.165) is 42.4 Å². The van der Waals surface area contributed by atoms with Crippen molar-refractivity contribution >= 4 is 6.09 Å². The highest BCUT2D eigenvalue weighted by molar-refractivity contribution is 5.72. The molecule has 170 valence electrons. The largest absolute Gasteiger partial charge is 0.441 e. The second-order valence-corrected chi connectivity index (χ2v) is 9.44. The molecule has 1 aliphatic carbocycles. The van der Waals surface area contributed by atoms with E-state index in [9.17, 15) is 9.59 Å². The molecule has 1 aromatic carbocycles. The lowest BCUT2D eigenvalue weighted by molar-refractivity contribution is 0.0664. The Labute approximate surface area is 192 Å². The number of cyclic esters (lactones) is 1. The van der Waals surface area contributed by atoms with Crippen LogP contribution in [0.5, 0.6) is 0 Å². The number of ether oxygens (including phenoxy) is 1. The van der Waals surface area contributed by atoms with Crippen molar-refractivity contribution < 1.29 is 9.53 Å². The van der Waals surface area contributed by atoms with Crippen molar-refractivity contribution in [2.75, 3.05) is 0 Å². The van der Waals surface area contributed by atoms with Crippen LogP contribution in [0, 0.1) is 0 Å². The molecule has 1 N–H and O–H groups in total. The number of carbonyl (C=O) groups is 1. The van der Waals surface area contributed by atoms with Crippen LogP contribution in [0.4, 0.5) is 4.79 Å². The number of pyridine rings is 1. The van der Waals surface area contributed by atoms with Crippen LogP contribution in [0.2, 0.25) is 0 Å². The number of aromatic amines is 1. The molecule has 5 rings (SSSR count). The number of carbonyl (C=O) groups excluding carboxylic acids is 1. The van der Waals surface area contributed by atoms with Crippen molar-refractivity contribution in [3.05, 3.63) is 82.5 Å². The molecule has 1 aliphatic heterocycles. The quantitative estimate of drug-likeness (QED) is 0.623. The van der Waals surface area contributed by atoms with Gasteiger partial charge in [-0.3, -0.25) is 9.69 Å². The molecule has 7 nitrogen and oxygen atoms in total. The predicted molar refractivity (Wildman–Crippen MR) is 125 cm³/mol. The summed E-state index contributed by atoms with van der Waals surface area (Å²) in [4.78, 5) is 38.9. The molecule has 1 saturated heterocycles. The SMILES string of the molecule is CC1(C)OC(=O)N(C2CCC(c3cc(-c4ncccn4)c[nH]c3=O)CC2)[C@@H]1c1ccccc1. The molecule has 33 heavy (non-hydrogen) atoms. The van der Waals surface area contributed by atoms with Gasteiger partial charge in [-0.1, -0.05) is 30.3 Å². The molecule has 3 heterocycles. The smallest absolute Gasteiger partial charge is 0.411 e. The molecule has 0 bridgehead atoms. The van der Waals surface area contributed by atoms with Gasteiger partial charge in [0.1, 0.15) is 5.60 Å². The normalized spacial score (nSPS) is 24.5. The Hall–Kier alpha value is -3.48. The number of rotatable bonds is 4. The molecule has 0 spiro atoms. The minimum absolute atomic E-state index is 0.0676. The first-order valence-electron chi connectivity index (χ1n) is 11.5. The standard InChI is InChI=1S/C26H28N4O3/c1-26(2)22(18-7-4-3-5-8-18)30(25(32)33-26)20-11-9-17(10-12-20)21-15-19(16-29-24(21)31)23-27-13-6-14-28-23/h3-8,13-17,20,22H,9-12H2,1-2H3,(H,29,31)/t17?,20?,22-/m1/s1. The van der Waals surface area contributed by atoms with Crippen LogP contribution in [0.25, 0.3) is 11.4 Å². The average Bonchev–Trinajstić information content (AvgIpc) is 3.08. The van der Waals surface area contributed by atoms with Gasteiger partial charge >= 0.3 is 6.09 Å². The van der Waals surface area contributed by atoms with E-state index in [2.05, 4.69) is 27.1 Å². The summed E-state index contributed by atoms with van der Waals surface area (Å²) in [5.41, 5.74) is 1.99. The maximum atomic E-state index is 12.9. The second-order valence-electron chi connectivity index (χ2n) is 9.44. The van der Waals surface area contributed by atoms with E-state index in [1.54, 1.807) is 24.7 Å². The van der Waals surface area contributed by atoms with Crippen molar-refractivity contribution in [2.24, 2.45) is 0 Å². The van der Waals surface area contributed by atoms with Crippen molar-refractivity contribution in [1.29, 1.82) is 0 Å². The first-order chi connectivity index (χ1) is 15.9. The van der Waals surface area contributed by atoms with Gasteiger partial charge in [-0.2, -0.15) is 0 Å². The summed E-state index contributed by atoms with van der Waals surface area (Å²) in [5, 5.41) is 0. The third-order valence-corrected chi connectivity index (χ3v) is 6.90. The van der Waals surface area contributed by atoms with Crippen molar-refractivity contribution in [2.45, 2.75) is 63.1 Å². The molecular weight excluding hydrogens is 416 g/mol. The van der Waals surface area contributed by atoms with Crippen LogP contribution in [0.1, 0.15) is 62.6 Å². The summed E-state index contributed by atoms with van der Waals surface area (Å²) >= 11 is 0. The zero-order valence-corrected chi connectivity index (χ0v) is 18.9. The summed E-state index contributed by atoms with van der Waals surface area (Å²) in [6.45, 7) is 3.95. The number of nitrogens with zero attached hydrogens (tertiary/aromatic N) is 3. The minimum atomic E-state index is -0.601. The zero-order chi connectivity index (χ0) is 23.0. The summed E-state index contributed by atoms with van der Waals surface area (Å²) in [6.07, 6.45) is 8.11. The fraction of sp³-hybridized carbons (Fsp3) is 0.385.